The van der Waals surface area contributed by atoms with Gasteiger partial charge in [0.1, 0.15) is 18.2 Å². The molecule has 1 fully saturated rings. The molecule has 3 N–H and O–H groups in total. The van der Waals surface area contributed by atoms with E-state index in [0.717, 1.165) is 23.8 Å². The molecule has 2 heterocycles. The first-order valence-corrected chi connectivity index (χ1v) is 11.4. The van der Waals surface area contributed by atoms with Crippen LogP contribution in [-0.4, -0.2) is 63.9 Å². The number of aromatic nitrogens is 2. The summed E-state index contributed by atoms with van der Waals surface area (Å²) in [7, 11) is -3.55. The van der Waals surface area contributed by atoms with E-state index in [9.17, 15) is 24.1 Å². The van der Waals surface area contributed by atoms with Gasteiger partial charge < -0.3 is 19.1 Å². The minimum absolute atomic E-state index is 0.351. The van der Waals surface area contributed by atoms with Crippen molar-refractivity contribution in [1.29, 1.82) is 0 Å². The van der Waals surface area contributed by atoms with Crippen LogP contribution in [0.2, 0.25) is 0 Å². The number of hydrogen-bond donors (Lipinski definition) is 3. The molecular weight excluding hydrogens is 424 g/mol. The van der Waals surface area contributed by atoms with E-state index in [1.165, 1.54) is 13.6 Å². The normalized spacial score (nSPS) is 29.5. The Balaban J connectivity index is 2.06. The van der Waals surface area contributed by atoms with Gasteiger partial charge in [-0.1, -0.05) is 0 Å². The maximum Gasteiger partial charge on any atom is 0.330 e. The summed E-state index contributed by atoms with van der Waals surface area (Å²) in [5.41, 5.74) is -3.99. The number of aliphatic hydroxyl groups excluding tert-OH is 1. The molecule has 1 aromatic heterocycles. The molecule has 0 bridgehead atoms. The summed E-state index contributed by atoms with van der Waals surface area (Å²) in [6.45, 7) is 6.55. The van der Waals surface area contributed by atoms with E-state index in [0.29, 0.717) is 0 Å². The average Bonchev–Trinajstić information content (AvgIpc) is 2.82. The number of carbonyl (C=O) groups is 1. The van der Waals surface area contributed by atoms with Crippen LogP contribution in [0.1, 0.15) is 33.9 Å². The quantitative estimate of drug-likeness (QED) is 0.374. The molecule has 2 rings (SSSR count). The fraction of sp³-hybridized carbons (Fsp3) is 0.706. The summed E-state index contributed by atoms with van der Waals surface area (Å²) in [5.74, 6) is -0.623. The van der Waals surface area contributed by atoms with Gasteiger partial charge in [0.05, 0.1) is 12.7 Å². The zero-order valence-corrected chi connectivity index (χ0v) is 18.2. The number of nitrogens with zero attached hydrogens (tertiary/aromatic N) is 1. The van der Waals surface area contributed by atoms with Crippen molar-refractivity contribution in [3.05, 3.63) is 33.1 Å². The summed E-state index contributed by atoms with van der Waals surface area (Å²) in [4.78, 5) is 37.0. The molecule has 6 atom stereocenters. The van der Waals surface area contributed by atoms with Gasteiger partial charge in [-0.05, 0) is 27.7 Å². The number of nitrogens with one attached hydrogen (secondary N) is 2. The number of halogens is 1. The molecule has 0 aliphatic carbocycles. The monoisotopic (exact) mass is 451 g/mol. The number of hydrogen-bond acceptors (Lipinski definition) is 8. The third kappa shape index (κ3) is 5.64. The van der Waals surface area contributed by atoms with Gasteiger partial charge in [-0.15, -0.1) is 0 Å². The number of carbonyl (C=O) groups excluding carboxylic acids is 1. The number of ether oxygens (including phenoxy) is 2. The molecule has 3 unspecified atom stereocenters. The van der Waals surface area contributed by atoms with Crippen LogP contribution in [0.4, 0.5) is 4.39 Å². The highest BCUT2D eigenvalue weighted by Gasteiger charge is 2.55. The zero-order chi connectivity index (χ0) is 22.9. The van der Waals surface area contributed by atoms with Crippen molar-refractivity contribution >= 4 is 13.5 Å². The molecule has 0 saturated carbocycles. The predicted octanol–water partition coefficient (Wildman–Crippen LogP) is 0.292. The largest absolute Gasteiger partial charge is 0.462 e. The highest BCUT2D eigenvalue weighted by molar-refractivity contribution is 7.56. The molecule has 1 aromatic rings. The highest BCUT2D eigenvalue weighted by Crippen LogP contribution is 2.44. The lowest BCUT2D eigenvalue weighted by Gasteiger charge is -2.24. The lowest BCUT2D eigenvalue weighted by Crippen LogP contribution is -2.43. The van der Waals surface area contributed by atoms with Crippen LogP contribution < -0.4 is 16.3 Å². The van der Waals surface area contributed by atoms with Crippen LogP contribution in [0.25, 0.3) is 0 Å². The van der Waals surface area contributed by atoms with Gasteiger partial charge in [0.15, 0.2) is 11.9 Å². The van der Waals surface area contributed by atoms with Crippen molar-refractivity contribution < 1.29 is 32.9 Å². The Morgan fingerprint density at radius 1 is 1.47 bits per heavy atom. The van der Waals surface area contributed by atoms with Crippen LogP contribution in [0.3, 0.4) is 0 Å². The van der Waals surface area contributed by atoms with E-state index in [2.05, 4.69) is 5.09 Å². The summed E-state index contributed by atoms with van der Waals surface area (Å²) in [6, 6.07) is 0.0790. The van der Waals surface area contributed by atoms with E-state index in [1.54, 1.807) is 13.8 Å². The van der Waals surface area contributed by atoms with E-state index >= 15 is 4.39 Å². The predicted molar refractivity (Wildman–Crippen MR) is 104 cm³/mol. The number of H-pyrrole nitrogens is 1. The molecule has 0 radical (unpaired) electrons. The van der Waals surface area contributed by atoms with E-state index in [-0.39, 0.29) is 6.10 Å². The molecule has 13 heteroatoms. The second-order valence-electron chi connectivity index (χ2n) is 7.62. The van der Waals surface area contributed by atoms with Crippen molar-refractivity contribution in [2.75, 3.05) is 13.3 Å². The molecule has 170 valence electrons. The Morgan fingerprint density at radius 2 is 2.10 bits per heavy atom. The maximum atomic E-state index is 15.1. The fourth-order valence-corrected chi connectivity index (χ4v) is 4.27. The molecule has 0 spiro atoms. The van der Waals surface area contributed by atoms with Crippen LogP contribution >= 0.6 is 7.52 Å². The van der Waals surface area contributed by atoms with E-state index in [4.69, 9.17) is 14.0 Å². The first kappa shape index (κ1) is 24.4. The second-order valence-corrected chi connectivity index (χ2v) is 9.83. The maximum absolute atomic E-state index is 15.1. The highest BCUT2D eigenvalue weighted by atomic mass is 31.2. The Hall–Kier alpha value is -1.85. The van der Waals surface area contributed by atoms with Crippen molar-refractivity contribution in [3.63, 3.8) is 0 Å². The zero-order valence-electron chi connectivity index (χ0n) is 17.3. The molecule has 30 heavy (non-hydrogen) atoms. The summed E-state index contributed by atoms with van der Waals surface area (Å²) in [6.07, 6.45) is -3.83. The minimum Gasteiger partial charge on any atom is -0.462 e. The SMILES string of the molecule is CC(C)OC(=O)[C@H](C)NP(C)(=O)OCC1OC(n2ccc(=O)[nH]c2=O)[C@](C)(F)[C@@H]1O. The average molecular weight is 451 g/mol. The van der Waals surface area contributed by atoms with Crippen molar-refractivity contribution in [2.45, 2.75) is 63.9 Å². The van der Waals surface area contributed by atoms with Gasteiger partial charge in [-0.25, -0.2) is 14.3 Å². The van der Waals surface area contributed by atoms with Crippen LogP contribution in [0.5, 0.6) is 0 Å². The molecule has 0 amide bonds. The van der Waals surface area contributed by atoms with Crippen LogP contribution in [0, 0.1) is 0 Å². The first-order valence-electron chi connectivity index (χ1n) is 9.29. The van der Waals surface area contributed by atoms with Crippen molar-refractivity contribution in [3.8, 4) is 0 Å². The Labute approximate surface area is 172 Å². The smallest absolute Gasteiger partial charge is 0.330 e. The topological polar surface area (TPSA) is 149 Å². The number of aliphatic hydroxyl groups is 1. The van der Waals surface area contributed by atoms with Gasteiger partial charge in [0.2, 0.25) is 0 Å². The number of aromatic amines is 1. The van der Waals surface area contributed by atoms with Gasteiger partial charge in [0.25, 0.3) is 13.1 Å². The fourth-order valence-electron chi connectivity index (χ4n) is 2.95. The molecule has 1 aliphatic rings. The minimum atomic E-state index is -3.55. The van der Waals surface area contributed by atoms with E-state index in [1.807, 2.05) is 4.98 Å². The second kappa shape index (κ2) is 9.11. The summed E-state index contributed by atoms with van der Waals surface area (Å²) >= 11 is 0. The lowest BCUT2D eigenvalue weighted by molar-refractivity contribution is -0.149. The summed E-state index contributed by atoms with van der Waals surface area (Å²) in [5, 5.41) is 12.8. The third-order valence-electron chi connectivity index (χ3n) is 4.44. The lowest BCUT2D eigenvalue weighted by atomic mass is 9.98. The molecule has 1 aliphatic heterocycles. The standard InChI is InChI=1S/C17H27FN3O8P/c1-9(2)28-14(24)10(3)20-30(5,26)27-8-11-13(23)17(4,18)15(29-11)21-7-6-12(22)19-16(21)25/h6-7,9-11,13,15,23H,8H2,1-5H3,(H,20,26)(H,19,22,25)/t10-,11?,13+,15?,17+,30?/m0/s1. The number of esters is 1. The van der Waals surface area contributed by atoms with Gasteiger partial charge >= 0.3 is 11.7 Å². The molecule has 0 aromatic carbocycles. The Kier molecular flexibility index (Phi) is 7.41. The van der Waals surface area contributed by atoms with Crippen LogP contribution in [-0.2, 0) is 23.4 Å². The first-order chi connectivity index (χ1) is 13.7. The Bertz CT molecular complexity index is 930. The van der Waals surface area contributed by atoms with Gasteiger partial charge in [-0.2, -0.15) is 0 Å². The third-order valence-corrected chi connectivity index (χ3v) is 5.94. The molecule has 1 saturated heterocycles. The number of rotatable bonds is 8. The van der Waals surface area contributed by atoms with Crippen molar-refractivity contribution in [1.82, 2.24) is 14.6 Å². The van der Waals surface area contributed by atoms with Gasteiger partial charge in [0, 0.05) is 18.9 Å². The van der Waals surface area contributed by atoms with Crippen LogP contribution in [0.15, 0.2) is 21.9 Å². The van der Waals surface area contributed by atoms with Crippen molar-refractivity contribution in [2.24, 2.45) is 0 Å². The van der Waals surface area contributed by atoms with Gasteiger partial charge in [-0.3, -0.25) is 23.7 Å². The molecular formula is C17H27FN3O8P. The van der Waals surface area contributed by atoms with E-state index < -0.39 is 61.5 Å². The Morgan fingerprint density at radius 3 is 2.67 bits per heavy atom. The number of alkyl halides is 1. The molecule has 11 nitrogen and oxygen atoms in total. The summed E-state index contributed by atoms with van der Waals surface area (Å²) < 4.78 is 44.3.